The number of carbonyl (C=O) groups excluding carboxylic acids is 1. The molecular weight excluding hydrogens is 511 g/mol. The second kappa shape index (κ2) is 9.40. The van der Waals surface area contributed by atoms with Crippen LogP contribution in [0.25, 0.3) is 22.0 Å². The summed E-state index contributed by atoms with van der Waals surface area (Å²) in [6.45, 7) is 2.27. The molecule has 1 heterocycles. The third kappa shape index (κ3) is 5.08. The van der Waals surface area contributed by atoms with Gasteiger partial charge >= 0.3 is 12.1 Å². The smallest absolute Gasteiger partial charge is 0.416 e. The predicted molar refractivity (Wildman–Crippen MR) is 129 cm³/mol. The zero-order valence-electron chi connectivity index (χ0n) is 19.5. The van der Waals surface area contributed by atoms with Crippen LogP contribution in [-0.4, -0.2) is 35.9 Å². The molecule has 37 heavy (non-hydrogen) atoms. The Hall–Kier alpha value is -4.12. The lowest BCUT2D eigenvalue weighted by atomic mass is 10.0. The van der Waals surface area contributed by atoms with Crippen molar-refractivity contribution in [3.63, 3.8) is 0 Å². The van der Waals surface area contributed by atoms with E-state index >= 15 is 0 Å². The van der Waals surface area contributed by atoms with Gasteiger partial charge in [0.2, 0.25) is 0 Å². The number of rotatable bonds is 7. The number of nitrogens with zero attached hydrogens (tertiary/aromatic N) is 1. The highest BCUT2D eigenvalue weighted by molar-refractivity contribution is 7.90. The molecule has 4 aromatic rings. The number of benzene rings is 3. The Bertz CT molecular complexity index is 1640. The first-order valence-corrected chi connectivity index (χ1v) is 12.3. The third-order valence-electron chi connectivity index (χ3n) is 5.75. The molecule has 0 unspecified atom stereocenters. The van der Waals surface area contributed by atoms with Gasteiger partial charge in [-0.3, -0.25) is 4.79 Å². The number of alkyl halides is 3. The van der Waals surface area contributed by atoms with Crippen LogP contribution in [0.3, 0.4) is 0 Å². The van der Waals surface area contributed by atoms with E-state index in [0.717, 1.165) is 16.1 Å². The van der Waals surface area contributed by atoms with E-state index in [2.05, 4.69) is 0 Å². The lowest BCUT2D eigenvalue weighted by Gasteiger charge is -2.12. The Balaban J connectivity index is 1.79. The van der Waals surface area contributed by atoms with Gasteiger partial charge in [0.1, 0.15) is 5.75 Å². The summed E-state index contributed by atoms with van der Waals surface area (Å²) in [5.41, 5.74) is 0.918. The van der Waals surface area contributed by atoms with Crippen LogP contribution in [-0.2, 0) is 21.0 Å². The van der Waals surface area contributed by atoms with Crippen LogP contribution in [0.5, 0.6) is 5.75 Å². The maximum Gasteiger partial charge on any atom is 0.416 e. The maximum absolute atomic E-state index is 13.5. The summed E-state index contributed by atoms with van der Waals surface area (Å²) >= 11 is 0. The van der Waals surface area contributed by atoms with Crippen LogP contribution < -0.4 is 4.74 Å². The highest BCUT2D eigenvalue weighted by Gasteiger charge is 2.30. The number of Topliss-reactive ketones (excluding diaryl/α,β-unsaturated/α-hetero) is 1. The molecule has 7 nitrogen and oxygen atoms in total. The molecule has 0 saturated heterocycles. The minimum Gasteiger partial charge on any atom is -0.482 e. The van der Waals surface area contributed by atoms with E-state index in [9.17, 15) is 31.2 Å². The van der Waals surface area contributed by atoms with E-state index < -0.39 is 40.1 Å². The van der Waals surface area contributed by atoms with Crippen molar-refractivity contribution in [1.29, 1.82) is 0 Å². The van der Waals surface area contributed by atoms with Crippen LogP contribution in [0, 0.1) is 6.92 Å². The molecule has 0 aliphatic carbocycles. The standard InChI is InChI=1S/C26H20F3NO6S/c1-15-11-20(8-10-24(15)36-14-25(32)33)37(34,35)30-13-22(16(2)31)21-12-18(5-9-23(21)30)17-3-6-19(7-4-17)26(27,28)29/h3-13H,14H2,1-2H3,(H,32,33). The SMILES string of the molecule is CC(=O)c1cn(S(=O)(=O)c2ccc(OCC(=O)O)c(C)c2)c2ccc(-c3ccc(C(F)(F)F)cc3)cc12. The molecule has 1 aromatic heterocycles. The average molecular weight is 532 g/mol. The summed E-state index contributed by atoms with van der Waals surface area (Å²) in [5.74, 6) is -1.36. The van der Waals surface area contributed by atoms with Crippen molar-refractivity contribution < 1.29 is 41.0 Å². The van der Waals surface area contributed by atoms with Crippen molar-refractivity contribution in [2.75, 3.05) is 6.61 Å². The van der Waals surface area contributed by atoms with Crippen molar-refractivity contribution in [2.45, 2.75) is 24.9 Å². The largest absolute Gasteiger partial charge is 0.482 e. The Morgan fingerprint density at radius 3 is 2.19 bits per heavy atom. The molecule has 4 rings (SSSR count). The van der Waals surface area contributed by atoms with E-state index in [1.807, 2.05) is 0 Å². The quantitative estimate of drug-likeness (QED) is 0.314. The molecule has 0 fully saturated rings. The first-order chi connectivity index (χ1) is 17.3. The molecule has 0 amide bonds. The van der Waals surface area contributed by atoms with E-state index in [1.165, 1.54) is 49.5 Å². The number of hydrogen-bond acceptors (Lipinski definition) is 5. The van der Waals surface area contributed by atoms with Gasteiger partial charge in [0.25, 0.3) is 10.0 Å². The minimum absolute atomic E-state index is 0.105. The van der Waals surface area contributed by atoms with Crippen LogP contribution in [0.15, 0.2) is 71.8 Å². The Morgan fingerprint density at radius 2 is 1.62 bits per heavy atom. The number of ketones is 1. The molecular formula is C26H20F3NO6S. The molecule has 11 heteroatoms. The van der Waals surface area contributed by atoms with Gasteiger partial charge in [-0.25, -0.2) is 17.2 Å². The van der Waals surface area contributed by atoms with E-state index in [1.54, 1.807) is 19.1 Å². The number of halogens is 3. The molecule has 3 aromatic carbocycles. The first kappa shape index (κ1) is 26.0. The monoisotopic (exact) mass is 531 g/mol. The fourth-order valence-corrected chi connectivity index (χ4v) is 5.36. The number of hydrogen-bond donors (Lipinski definition) is 1. The lowest BCUT2D eigenvalue weighted by Crippen LogP contribution is -2.13. The third-order valence-corrected chi connectivity index (χ3v) is 7.42. The number of aliphatic carboxylic acids is 1. The molecule has 0 aliphatic rings. The summed E-state index contributed by atoms with van der Waals surface area (Å²) in [6, 6.07) is 13.1. The van der Waals surface area contributed by atoms with Gasteiger partial charge in [-0.1, -0.05) is 18.2 Å². The summed E-state index contributed by atoms with van der Waals surface area (Å²) in [7, 11) is -4.18. The lowest BCUT2D eigenvalue weighted by molar-refractivity contribution is -0.139. The highest BCUT2D eigenvalue weighted by atomic mass is 32.2. The van der Waals surface area contributed by atoms with Crippen molar-refractivity contribution in [1.82, 2.24) is 3.97 Å². The van der Waals surface area contributed by atoms with E-state index in [-0.39, 0.29) is 21.7 Å². The number of carboxylic acid groups (broad SMARTS) is 1. The number of fused-ring (bicyclic) bond motifs is 1. The zero-order valence-corrected chi connectivity index (χ0v) is 20.4. The van der Waals surface area contributed by atoms with Crippen LogP contribution in [0.1, 0.15) is 28.4 Å². The Kier molecular flexibility index (Phi) is 6.59. The van der Waals surface area contributed by atoms with Gasteiger partial charge in [-0.15, -0.1) is 0 Å². The van der Waals surface area contributed by atoms with Crippen LogP contribution in [0.2, 0.25) is 0 Å². The number of carboxylic acids is 1. The Morgan fingerprint density at radius 1 is 0.973 bits per heavy atom. The van der Waals surface area contributed by atoms with Crippen molar-refractivity contribution in [3.05, 3.63) is 83.6 Å². The second-order valence-electron chi connectivity index (χ2n) is 8.32. The second-order valence-corrected chi connectivity index (χ2v) is 10.1. The molecule has 0 bridgehead atoms. The topological polar surface area (TPSA) is 103 Å². The molecule has 192 valence electrons. The maximum atomic E-state index is 13.5. The molecule has 0 spiro atoms. The first-order valence-electron chi connectivity index (χ1n) is 10.8. The van der Waals surface area contributed by atoms with Gasteiger partial charge in [-0.2, -0.15) is 13.2 Å². The van der Waals surface area contributed by atoms with Crippen molar-refractivity contribution in [3.8, 4) is 16.9 Å². The fraction of sp³-hybridized carbons (Fsp3) is 0.154. The van der Waals surface area contributed by atoms with Crippen molar-refractivity contribution in [2.24, 2.45) is 0 Å². The molecule has 0 saturated carbocycles. The number of aryl methyl sites for hydroxylation is 1. The highest BCUT2D eigenvalue weighted by Crippen LogP contribution is 2.34. The summed E-state index contributed by atoms with van der Waals surface area (Å²) in [4.78, 5) is 23.0. The van der Waals surface area contributed by atoms with Crippen LogP contribution >= 0.6 is 0 Å². The fourth-order valence-electron chi connectivity index (χ4n) is 3.91. The van der Waals surface area contributed by atoms with Gasteiger partial charge in [0, 0.05) is 17.1 Å². The van der Waals surface area contributed by atoms with Gasteiger partial charge in [-0.05, 0) is 73.0 Å². The number of ether oxygens (including phenoxy) is 1. The molecule has 0 aliphatic heterocycles. The number of aromatic nitrogens is 1. The zero-order chi connectivity index (χ0) is 27.1. The van der Waals surface area contributed by atoms with Gasteiger partial charge < -0.3 is 9.84 Å². The van der Waals surface area contributed by atoms with E-state index in [4.69, 9.17) is 9.84 Å². The number of carbonyl (C=O) groups is 2. The minimum atomic E-state index is -4.48. The van der Waals surface area contributed by atoms with E-state index in [0.29, 0.717) is 22.1 Å². The predicted octanol–water partition coefficient (Wildman–Crippen LogP) is 5.54. The summed E-state index contributed by atoms with van der Waals surface area (Å²) < 4.78 is 71.9. The van der Waals surface area contributed by atoms with Crippen molar-refractivity contribution >= 4 is 32.7 Å². The average Bonchev–Trinajstić information content (AvgIpc) is 3.23. The van der Waals surface area contributed by atoms with Gasteiger partial charge in [0.05, 0.1) is 16.0 Å². The Labute approximate surface area is 209 Å². The van der Waals surface area contributed by atoms with Crippen LogP contribution in [0.4, 0.5) is 13.2 Å². The summed E-state index contributed by atoms with van der Waals surface area (Å²) in [6.07, 6.45) is -3.27. The normalized spacial score (nSPS) is 12.0. The van der Waals surface area contributed by atoms with Gasteiger partial charge in [0.15, 0.2) is 12.4 Å². The molecule has 1 N–H and O–H groups in total. The molecule has 0 atom stereocenters. The molecule has 0 radical (unpaired) electrons. The summed E-state index contributed by atoms with van der Waals surface area (Å²) in [5, 5.41) is 9.11.